The third-order valence-electron chi connectivity index (χ3n) is 3.90. The van der Waals surface area contributed by atoms with E-state index in [-0.39, 0.29) is 12.3 Å². The zero-order valence-electron chi connectivity index (χ0n) is 13.4. The fourth-order valence-corrected chi connectivity index (χ4v) is 3.18. The van der Waals surface area contributed by atoms with Gasteiger partial charge in [0.2, 0.25) is 5.91 Å². The van der Waals surface area contributed by atoms with Gasteiger partial charge in [-0.15, -0.1) is 0 Å². The highest BCUT2D eigenvalue weighted by atomic mass is 32.1. The number of hydrogen-bond acceptors (Lipinski definition) is 5. The third-order valence-corrected chi connectivity index (χ3v) is 4.58. The fraction of sp³-hybridized carbons (Fsp3) is 0.222. The molecule has 24 heavy (non-hydrogen) atoms. The van der Waals surface area contributed by atoms with Gasteiger partial charge < -0.3 is 14.5 Å². The lowest BCUT2D eigenvalue weighted by Crippen LogP contribution is -2.16. The lowest BCUT2D eigenvalue weighted by molar-refractivity contribution is -0.116. The van der Waals surface area contributed by atoms with E-state index in [0.29, 0.717) is 23.3 Å². The van der Waals surface area contributed by atoms with E-state index in [2.05, 4.69) is 5.32 Å². The summed E-state index contributed by atoms with van der Waals surface area (Å²) in [5.74, 6) is 0.509. The van der Waals surface area contributed by atoms with Crippen LogP contribution in [-0.4, -0.2) is 13.0 Å². The zero-order valence-corrected chi connectivity index (χ0v) is 14.2. The fourth-order valence-electron chi connectivity index (χ4n) is 2.59. The summed E-state index contributed by atoms with van der Waals surface area (Å²) in [5, 5.41) is 7.41. The molecule has 3 aromatic rings. The van der Waals surface area contributed by atoms with Gasteiger partial charge in [-0.25, -0.2) is 4.79 Å². The van der Waals surface area contributed by atoms with E-state index in [1.807, 2.05) is 35.9 Å². The zero-order chi connectivity index (χ0) is 17.1. The Balaban J connectivity index is 1.81. The van der Waals surface area contributed by atoms with E-state index in [1.165, 1.54) is 11.3 Å². The first-order valence-electron chi connectivity index (χ1n) is 7.51. The largest absolute Gasteiger partial charge is 0.497 e. The standard InChI is InChI=1S/C18H17NO4S/c1-11-14-4-3-13(22-2)9-16(14)23-18(21)15(11)5-6-17(20)19-12-7-8-24-10-12/h3-4,7-10H,5-6H2,1-2H3,(H,19,20). The molecule has 1 amide bonds. The lowest BCUT2D eigenvalue weighted by atomic mass is 10.0. The molecule has 0 saturated carbocycles. The van der Waals surface area contributed by atoms with Crippen molar-refractivity contribution in [3.05, 3.63) is 56.6 Å². The summed E-state index contributed by atoms with van der Waals surface area (Å²) >= 11 is 1.52. The summed E-state index contributed by atoms with van der Waals surface area (Å²) in [5.41, 5.74) is 2.24. The van der Waals surface area contributed by atoms with Crippen LogP contribution in [0.1, 0.15) is 17.5 Å². The number of carbonyl (C=O) groups is 1. The Morgan fingerprint density at radius 3 is 2.88 bits per heavy atom. The number of benzene rings is 1. The molecule has 0 fully saturated rings. The number of ether oxygens (including phenoxy) is 1. The van der Waals surface area contributed by atoms with Gasteiger partial charge in [-0.05, 0) is 42.5 Å². The predicted octanol–water partition coefficient (Wildman–Crippen LogP) is 3.74. The Bertz CT molecular complexity index is 928. The van der Waals surface area contributed by atoms with E-state index in [9.17, 15) is 9.59 Å². The molecule has 0 aliphatic rings. The van der Waals surface area contributed by atoms with Crippen LogP contribution < -0.4 is 15.7 Å². The average Bonchev–Trinajstić information content (AvgIpc) is 3.06. The van der Waals surface area contributed by atoms with Crippen LogP contribution in [0.5, 0.6) is 5.75 Å². The van der Waals surface area contributed by atoms with Gasteiger partial charge in [0.25, 0.3) is 0 Å². The van der Waals surface area contributed by atoms with Crippen LogP contribution in [0.3, 0.4) is 0 Å². The maximum Gasteiger partial charge on any atom is 0.339 e. The van der Waals surface area contributed by atoms with E-state index in [4.69, 9.17) is 9.15 Å². The minimum atomic E-state index is -0.406. The summed E-state index contributed by atoms with van der Waals surface area (Å²) in [7, 11) is 1.56. The normalized spacial score (nSPS) is 10.8. The van der Waals surface area contributed by atoms with Gasteiger partial charge in [0.15, 0.2) is 0 Å². The van der Waals surface area contributed by atoms with Crippen molar-refractivity contribution >= 4 is 33.9 Å². The number of methoxy groups -OCH3 is 1. The average molecular weight is 343 g/mol. The van der Waals surface area contributed by atoms with Crippen LogP contribution in [0.4, 0.5) is 5.69 Å². The van der Waals surface area contributed by atoms with Crippen molar-refractivity contribution < 1.29 is 13.9 Å². The minimum absolute atomic E-state index is 0.123. The van der Waals surface area contributed by atoms with E-state index < -0.39 is 5.63 Å². The maximum atomic E-state index is 12.2. The van der Waals surface area contributed by atoms with E-state index in [0.717, 1.165) is 16.6 Å². The smallest absolute Gasteiger partial charge is 0.339 e. The summed E-state index contributed by atoms with van der Waals surface area (Å²) in [6, 6.07) is 7.21. The molecule has 0 atom stereocenters. The van der Waals surface area contributed by atoms with E-state index >= 15 is 0 Å². The molecule has 1 N–H and O–H groups in total. The van der Waals surface area contributed by atoms with Crippen molar-refractivity contribution in [2.75, 3.05) is 12.4 Å². The van der Waals surface area contributed by atoms with Crippen molar-refractivity contribution in [1.82, 2.24) is 0 Å². The second-order valence-corrected chi connectivity index (χ2v) is 6.20. The van der Waals surface area contributed by atoms with Crippen molar-refractivity contribution in [3.63, 3.8) is 0 Å². The number of aryl methyl sites for hydroxylation is 1. The van der Waals surface area contributed by atoms with Crippen LogP contribution in [0.2, 0.25) is 0 Å². The quantitative estimate of drug-likeness (QED) is 0.717. The van der Waals surface area contributed by atoms with Crippen LogP contribution >= 0.6 is 11.3 Å². The number of hydrogen-bond donors (Lipinski definition) is 1. The minimum Gasteiger partial charge on any atom is -0.497 e. The van der Waals surface area contributed by atoms with Gasteiger partial charge in [0, 0.05) is 28.8 Å². The molecular weight excluding hydrogens is 326 g/mol. The van der Waals surface area contributed by atoms with Crippen molar-refractivity contribution in [3.8, 4) is 5.75 Å². The second-order valence-electron chi connectivity index (χ2n) is 5.42. The SMILES string of the molecule is COc1ccc2c(C)c(CCC(=O)Nc3ccsc3)c(=O)oc2c1. The molecule has 0 spiro atoms. The molecule has 0 aliphatic heterocycles. The van der Waals surface area contributed by atoms with Crippen LogP contribution in [-0.2, 0) is 11.2 Å². The first-order chi connectivity index (χ1) is 11.6. The van der Waals surface area contributed by atoms with Crippen molar-refractivity contribution in [2.24, 2.45) is 0 Å². The lowest BCUT2D eigenvalue weighted by Gasteiger charge is -2.09. The number of nitrogens with one attached hydrogen (secondary N) is 1. The van der Waals surface area contributed by atoms with Crippen LogP contribution in [0.15, 0.2) is 44.2 Å². The molecule has 1 aromatic carbocycles. The molecule has 0 radical (unpaired) electrons. The molecule has 5 nitrogen and oxygen atoms in total. The van der Waals surface area contributed by atoms with Gasteiger partial charge >= 0.3 is 5.63 Å². The maximum absolute atomic E-state index is 12.2. The molecule has 3 rings (SSSR count). The molecule has 124 valence electrons. The Kier molecular flexibility index (Phi) is 4.66. The highest BCUT2D eigenvalue weighted by Gasteiger charge is 2.13. The summed E-state index contributed by atoms with van der Waals surface area (Å²) in [6.45, 7) is 1.87. The first kappa shape index (κ1) is 16.3. The predicted molar refractivity (Wildman–Crippen MR) is 95.0 cm³/mol. The Morgan fingerprint density at radius 2 is 2.17 bits per heavy atom. The van der Waals surface area contributed by atoms with Gasteiger partial charge in [-0.2, -0.15) is 11.3 Å². The molecule has 2 aromatic heterocycles. The summed E-state index contributed by atoms with van der Waals surface area (Å²) in [4.78, 5) is 24.2. The number of fused-ring (bicyclic) bond motifs is 1. The Morgan fingerprint density at radius 1 is 1.33 bits per heavy atom. The van der Waals surface area contributed by atoms with E-state index in [1.54, 1.807) is 13.2 Å². The van der Waals surface area contributed by atoms with Gasteiger partial charge in [0.05, 0.1) is 12.8 Å². The molecule has 0 bridgehead atoms. The highest BCUT2D eigenvalue weighted by molar-refractivity contribution is 7.08. The number of carbonyl (C=O) groups excluding carboxylic acids is 1. The number of amides is 1. The van der Waals surface area contributed by atoms with Gasteiger partial charge in [-0.1, -0.05) is 0 Å². The Labute approximate surface area is 142 Å². The van der Waals surface area contributed by atoms with Crippen molar-refractivity contribution in [1.29, 1.82) is 0 Å². The van der Waals surface area contributed by atoms with Gasteiger partial charge in [-0.3, -0.25) is 4.79 Å². The van der Waals surface area contributed by atoms with Crippen LogP contribution in [0, 0.1) is 6.92 Å². The summed E-state index contributed by atoms with van der Waals surface area (Å²) < 4.78 is 10.5. The first-order valence-corrected chi connectivity index (χ1v) is 8.45. The summed E-state index contributed by atoms with van der Waals surface area (Å²) in [6.07, 6.45) is 0.565. The molecule has 0 unspecified atom stereocenters. The molecule has 2 heterocycles. The second kappa shape index (κ2) is 6.88. The molecular formula is C18H17NO4S. The van der Waals surface area contributed by atoms with Crippen molar-refractivity contribution in [2.45, 2.75) is 19.8 Å². The molecule has 6 heteroatoms. The third kappa shape index (κ3) is 3.33. The van der Waals surface area contributed by atoms with Gasteiger partial charge in [0.1, 0.15) is 11.3 Å². The monoisotopic (exact) mass is 343 g/mol. The number of anilines is 1. The number of thiophene rings is 1. The highest BCUT2D eigenvalue weighted by Crippen LogP contribution is 2.24. The number of rotatable bonds is 5. The molecule has 0 saturated heterocycles. The Hall–Kier alpha value is -2.60. The van der Waals surface area contributed by atoms with Crippen LogP contribution in [0.25, 0.3) is 11.0 Å². The molecule has 0 aliphatic carbocycles. The topological polar surface area (TPSA) is 68.5 Å².